The average molecular weight is 207 g/mol. The number of ketones is 1. The van der Waals surface area contributed by atoms with Crippen LogP contribution in [0.1, 0.15) is 30.1 Å². The van der Waals surface area contributed by atoms with E-state index in [2.05, 4.69) is 11.8 Å². The van der Waals surface area contributed by atoms with Crippen molar-refractivity contribution in [3.8, 4) is 11.8 Å². The van der Waals surface area contributed by atoms with Crippen LogP contribution in [0.3, 0.4) is 0 Å². The van der Waals surface area contributed by atoms with E-state index in [-0.39, 0.29) is 5.78 Å². The summed E-state index contributed by atoms with van der Waals surface area (Å²) in [4.78, 5) is 11.5. The minimum absolute atomic E-state index is 0.115. The molecule has 14 heavy (non-hydrogen) atoms. The summed E-state index contributed by atoms with van der Waals surface area (Å²) in [5.74, 6) is 5.74. The first-order valence-electron chi connectivity index (χ1n) is 4.42. The zero-order valence-electron chi connectivity index (χ0n) is 8.01. The summed E-state index contributed by atoms with van der Waals surface area (Å²) >= 11 is 5.71. The van der Waals surface area contributed by atoms with Gasteiger partial charge in [-0.1, -0.05) is 11.6 Å². The Kier molecular flexibility index (Phi) is 4.22. The second kappa shape index (κ2) is 5.47. The Labute approximate surface area is 89.1 Å². The highest BCUT2D eigenvalue weighted by molar-refractivity contribution is 6.30. The van der Waals surface area contributed by atoms with Crippen molar-refractivity contribution in [2.75, 3.05) is 0 Å². The lowest BCUT2D eigenvalue weighted by Crippen LogP contribution is -1.97. The molecular weight excluding hydrogens is 196 g/mol. The summed E-state index contributed by atoms with van der Waals surface area (Å²) in [5, 5.41) is 0.648. The van der Waals surface area contributed by atoms with Gasteiger partial charge in [0.1, 0.15) is 0 Å². The number of halogens is 1. The Morgan fingerprint density at radius 2 is 2.00 bits per heavy atom. The topological polar surface area (TPSA) is 17.1 Å². The maximum Gasteiger partial charge on any atom is 0.163 e. The molecule has 0 spiro atoms. The SMILES string of the molecule is CC#CCCC(=O)c1ccc(Cl)cc1. The first-order valence-corrected chi connectivity index (χ1v) is 4.80. The van der Waals surface area contributed by atoms with E-state index in [1.165, 1.54) is 0 Å². The monoisotopic (exact) mass is 206 g/mol. The summed E-state index contributed by atoms with van der Waals surface area (Å²) in [6, 6.07) is 6.93. The van der Waals surface area contributed by atoms with Crippen LogP contribution in [0.4, 0.5) is 0 Å². The molecule has 0 saturated heterocycles. The molecule has 1 rings (SSSR count). The van der Waals surface area contributed by atoms with Gasteiger partial charge in [-0.2, -0.15) is 0 Å². The van der Waals surface area contributed by atoms with Crippen molar-refractivity contribution in [3.05, 3.63) is 34.9 Å². The molecule has 0 atom stereocenters. The van der Waals surface area contributed by atoms with E-state index in [1.807, 2.05) is 0 Å². The number of Topliss-reactive ketones (excluding diaryl/α,β-unsaturated/α-hetero) is 1. The summed E-state index contributed by atoms with van der Waals surface area (Å²) < 4.78 is 0. The highest BCUT2D eigenvalue weighted by atomic mass is 35.5. The van der Waals surface area contributed by atoms with Gasteiger partial charge in [0.15, 0.2) is 5.78 Å². The molecule has 1 aromatic rings. The quantitative estimate of drug-likeness (QED) is 0.548. The Bertz CT molecular complexity index is 368. The standard InChI is InChI=1S/C12H11ClO/c1-2-3-4-5-12(14)10-6-8-11(13)9-7-10/h6-9H,4-5H2,1H3. The lowest BCUT2D eigenvalue weighted by Gasteiger charge is -1.97. The molecule has 0 aromatic heterocycles. The normalized spacial score (nSPS) is 9.00. The molecule has 0 aliphatic heterocycles. The third kappa shape index (κ3) is 3.24. The highest BCUT2D eigenvalue weighted by Gasteiger charge is 2.03. The van der Waals surface area contributed by atoms with Crippen LogP contribution in [0.5, 0.6) is 0 Å². The highest BCUT2D eigenvalue weighted by Crippen LogP contribution is 2.11. The van der Waals surface area contributed by atoms with Crippen LogP contribution in [0.2, 0.25) is 5.02 Å². The Morgan fingerprint density at radius 3 is 2.57 bits per heavy atom. The van der Waals surface area contributed by atoms with Crippen molar-refractivity contribution in [1.29, 1.82) is 0 Å². The molecule has 0 N–H and O–H groups in total. The van der Waals surface area contributed by atoms with Crippen molar-refractivity contribution in [1.82, 2.24) is 0 Å². The largest absolute Gasteiger partial charge is 0.294 e. The number of hydrogen-bond donors (Lipinski definition) is 0. The summed E-state index contributed by atoms with van der Waals surface area (Å²) in [6.45, 7) is 1.77. The molecule has 0 unspecified atom stereocenters. The fourth-order valence-electron chi connectivity index (χ4n) is 1.08. The number of carbonyl (C=O) groups is 1. The van der Waals surface area contributed by atoms with Crippen molar-refractivity contribution in [2.24, 2.45) is 0 Å². The maximum absolute atomic E-state index is 11.5. The molecule has 1 nitrogen and oxygen atoms in total. The van der Waals surface area contributed by atoms with Gasteiger partial charge in [-0.3, -0.25) is 4.79 Å². The molecule has 0 saturated carbocycles. The van der Waals surface area contributed by atoms with E-state index in [1.54, 1.807) is 31.2 Å². The van der Waals surface area contributed by atoms with E-state index >= 15 is 0 Å². The zero-order valence-corrected chi connectivity index (χ0v) is 8.77. The molecule has 0 aliphatic carbocycles. The van der Waals surface area contributed by atoms with Gasteiger partial charge in [0.2, 0.25) is 0 Å². The van der Waals surface area contributed by atoms with Gasteiger partial charge < -0.3 is 0 Å². The van der Waals surface area contributed by atoms with E-state index in [4.69, 9.17) is 11.6 Å². The first-order chi connectivity index (χ1) is 6.74. The van der Waals surface area contributed by atoms with Crippen LogP contribution in [-0.2, 0) is 0 Å². The van der Waals surface area contributed by atoms with Gasteiger partial charge in [0, 0.05) is 23.4 Å². The van der Waals surface area contributed by atoms with E-state index < -0.39 is 0 Å². The van der Waals surface area contributed by atoms with Crippen LogP contribution in [0, 0.1) is 11.8 Å². The van der Waals surface area contributed by atoms with Crippen LogP contribution in [-0.4, -0.2) is 5.78 Å². The summed E-state index contributed by atoms with van der Waals surface area (Å²) in [6.07, 6.45) is 1.10. The van der Waals surface area contributed by atoms with E-state index in [0.29, 0.717) is 23.4 Å². The molecule has 0 amide bonds. The molecular formula is C12H11ClO. The van der Waals surface area contributed by atoms with Gasteiger partial charge in [-0.25, -0.2) is 0 Å². The lowest BCUT2D eigenvalue weighted by molar-refractivity contribution is 0.0984. The van der Waals surface area contributed by atoms with Crippen molar-refractivity contribution < 1.29 is 4.79 Å². The second-order valence-corrected chi connectivity index (χ2v) is 3.29. The van der Waals surface area contributed by atoms with Crippen molar-refractivity contribution in [2.45, 2.75) is 19.8 Å². The molecule has 0 heterocycles. The number of rotatable bonds is 3. The minimum atomic E-state index is 0.115. The molecule has 0 aliphatic rings. The maximum atomic E-state index is 11.5. The van der Waals surface area contributed by atoms with Crippen LogP contribution >= 0.6 is 11.6 Å². The molecule has 0 bridgehead atoms. The third-order valence-corrected chi connectivity index (χ3v) is 2.07. The van der Waals surface area contributed by atoms with Gasteiger partial charge in [0.25, 0.3) is 0 Å². The van der Waals surface area contributed by atoms with Crippen LogP contribution in [0.15, 0.2) is 24.3 Å². The summed E-state index contributed by atoms with van der Waals surface area (Å²) in [5.41, 5.74) is 0.701. The number of carbonyl (C=O) groups excluding carboxylic acids is 1. The van der Waals surface area contributed by atoms with Crippen molar-refractivity contribution in [3.63, 3.8) is 0 Å². The van der Waals surface area contributed by atoms with Gasteiger partial charge in [-0.05, 0) is 31.2 Å². The van der Waals surface area contributed by atoms with Gasteiger partial charge in [0.05, 0.1) is 0 Å². The van der Waals surface area contributed by atoms with Crippen LogP contribution in [0.25, 0.3) is 0 Å². The first kappa shape index (κ1) is 10.8. The van der Waals surface area contributed by atoms with Gasteiger partial charge in [-0.15, -0.1) is 11.8 Å². The predicted molar refractivity (Wildman–Crippen MR) is 58.5 cm³/mol. The zero-order chi connectivity index (χ0) is 10.4. The average Bonchev–Trinajstić information content (AvgIpc) is 2.19. The molecule has 72 valence electrons. The van der Waals surface area contributed by atoms with Crippen LogP contribution < -0.4 is 0 Å². The minimum Gasteiger partial charge on any atom is -0.294 e. The molecule has 0 radical (unpaired) electrons. The van der Waals surface area contributed by atoms with Crippen molar-refractivity contribution >= 4 is 17.4 Å². The van der Waals surface area contributed by atoms with E-state index in [9.17, 15) is 4.79 Å². The number of benzene rings is 1. The Morgan fingerprint density at radius 1 is 1.36 bits per heavy atom. The lowest BCUT2D eigenvalue weighted by atomic mass is 10.1. The predicted octanol–water partition coefficient (Wildman–Crippen LogP) is 3.33. The number of hydrogen-bond acceptors (Lipinski definition) is 1. The fourth-order valence-corrected chi connectivity index (χ4v) is 1.21. The Balaban J connectivity index is 2.59. The molecule has 0 fully saturated rings. The smallest absolute Gasteiger partial charge is 0.163 e. The fraction of sp³-hybridized carbons (Fsp3) is 0.250. The second-order valence-electron chi connectivity index (χ2n) is 2.86. The van der Waals surface area contributed by atoms with E-state index in [0.717, 1.165) is 0 Å². The Hall–Kier alpha value is -1.26. The van der Waals surface area contributed by atoms with Gasteiger partial charge >= 0.3 is 0 Å². The molecule has 1 aromatic carbocycles. The third-order valence-electron chi connectivity index (χ3n) is 1.82. The summed E-state index contributed by atoms with van der Waals surface area (Å²) in [7, 11) is 0. The molecule has 2 heteroatoms.